The molecular weight excluding hydrogens is 256 g/mol. The number of imide groups is 1. The average molecular weight is 278 g/mol. The standard InChI is InChI=1S/C13H18N2O3.C2H4/c1-4-10(8-16)9(2)7-15(3)11-5-6-12(17)14-13(11)18;1-2/h4,8,11H,1,5-7H2,2-3H3,(H,14,17,18);1-2H2/b10-9-;. The summed E-state index contributed by atoms with van der Waals surface area (Å²) < 4.78 is 0. The molecular formula is C15H22N2O3. The van der Waals surface area contributed by atoms with Crippen molar-refractivity contribution in [2.45, 2.75) is 25.8 Å². The number of allylic oxidation sites excluding steroid dienone is 2. The highest BCUT2D eigenvalue weighted by Crippen LogP contribution is 2.13. The zero-order chi connectivity index (χ0) is 15.7. The molecule has 0 aromatic rings. The fourth-order valence-corrected chi connectivity index (χ4v) is 2.00. The summed E-state index contributed by atoms with van der Waals surface area (Å²) in [6.45, 7) is 11.9. The van der Waals surface area contributed by atoms with Crippen LogP contribution in [0.1, 0.15) is 19.8 Å². The van der Waals surface area contributed by atoms with Gasteiger partial charge in [-0.25, -0.2) is 0 Å². The van der Waals surface area contributed by atoms with Crippen LogP contribution in [0.3, 0.4) is 0 Å². The molecule has 2 amide bonds. The monoisotopic (exact) mass is 278 g/mol. The molecule has 1 aliphatic heterocycles. The summed E-state index contributed by atoms with van der Waals surface area (Å²) in [7, 11) is 1.80. The molecule has 1 atom stereocenters. The third kappa shape index (κ3) is 4.93. The van der Waals surface area contributed by atoms with Gasteiger partial charge in [-0.3, -0.25) is 24.6 Å². The minimum atomic E-state index is -0.324. The number of amides is 2. The van der Waals surface area contributed by atoms with Crippen molar-refractivity contribution >= 4 is 18.1 Å². The van der Waals surface area contributed by atoms with E-state index in [4.69, 9.17) is 0 Å². The first-order valence-corrected chi connectivity index (χ1v) is 6.31. The van der Waals surface area contributed by atoms with Crippen LogP contribution in [0.2, 0.25) is 0 Å². The lowest BCUT2D eigenvalue weighted by Crippen LogP contribution is -2.51. The van der Waals surface area contributed by atoms with E-state index in [1.54, 1.807) is 7.05 Å². The summed E-state index contributed by atoms with van der Waals surface area (Å²) in [5.74, 6) is -0.496. The number of nitrogens with zero attached hydrogens (tertiary/aromatic N) is 1. The highest BCUT2D eigenvalue weighted by Gasteiger charge is 2.29. The third-order valence-electron chi connectivity index (χ3n) is 3.07. The fourth-order valence-electron chi connectivity index (χ4n) is 2.00. The van der Waals surface area contributed by atoms with Crippen LogP contribution in [0.5, 0.6) is 0 Å². The molecule has 20 heavy (non-hydrogen) atoms. The molecule has 1 rings (SSSR count). The second-order valence-corrected chi connectivity index (χ2v) is 4.44. The van der Waals surface area contributed by atoms with E-state index in [1.807, 2.05) is 11.8 Å². The molecule has 1 fully saturated rings. The highest BCUT2D eigenvalue weighted by atomic mass is 16.2. The molecule has 0 saturated carbocycles. The third-order valence-corrected chi connectivity index (χ3v) is 3.07. The minimum absolute atomic E-state index is 0.225. The number of nitrogens with one attached hydrogen (secondary N) is 1. The van der Waals surface area contributed by atoms with Crippen LogP contribution < -0.4 is 5.32 Å². The maximum Gasteiger partial charge on any atom is 0.243 e. The zero-order valence-electron chi connectivity index (χ0n) is 12.1. The Morgan fingerprint density at radius 1 is 1.45 bits per heavy atom. The first-order chi connectivity index (χ1) is 9.49. The number of piperidine rings is 1. The maximum absolute atomic E-state index is 11.7. The first kappa shape index (κ1) is 18.0. The van der Waals surface area contributed by atoms with Gasteiger partial charge in [-0.2, -0.15) is 0 Å². The number of hydrogen-bond donors (Lipinski definition) is 1. The Balaban J connectivity index is 0.00000172. The topological polar surface area (TPSA) is 66.5 Å². The fraction of sp³-hybridized carbons (Fsp3) is 0.400. The van der Waals surface area contributed by atoms with E-state index in [0.717, 1.165) is 11.9 Å². The van der Waals surface area contributed by atoms with Crippen LogP contribution >= 0.6 is 0 Å². The molecule has 0 radical (unpaired) electrons. The van der Waals surface area contributed by atoms with Gasteiger partial charge in [0.15, 0.2) is 0 Å². The quantitative estimate of drug-likeness (QED) is 0.270. The first-order valence-electron chi connectivity index (χ1n) is 6.31. The number of rotatable bonds is 5. The zero-order valence-corrected chi connectivity index (χ0v) is 12.1. The molecule has 5 heteroatoms. The molecule has 1 N–H and O–H groups in total. The van der Waals surface area contributed by atoms with Crippen LogP contribution in [-0.2, 0) is 14.4 Å². The lowest BCUT2D eigenvalue weighted by atomic mass is 10.0. The molecule has 110 valence electrons. The van der Waals surface area contributed by atoms with Crippen molar-refractivity contribution < 1.29 is 14.4 Å². The second kappa shape index (κ2) is 8.98. The van der Waals surface area contributed by atoms with Gasteiger partial charge < -0.3 is 0 Å². The summed E-state index contributed by atoms with van der Waals surface area (Å²) in [5.41, 5.74) is 1.39. The molecule has 1 unspecified atom stereocenters. The highest BCUT2D eigenvalue weighted by molar-refractivity contribution is 6.00. The van der Waals surface area contributed by atoms with Gasteiger partial charge in [-0.15, -0.1) is 13.2 Å². The van der Waals surface area contributed by atoms with Crippen LogP contribution in [0.25, 0.3) is 0 Å². The van der Waals surface area contributed by atoms with E-state index in [-0.39, 0.29) is 17.9 Å². The Kier molecular flexibility index (Phi) is 8.08. The summed E-state index contributed by atoms with van der Waals surface area (Å²) in [6, 6.07) is -0.324. The molecule has 0 spiro atoms. The van der Waals surface area contributed by atoms with Gasteiger partial charge in [0.1, 0.15) is 6.29 Å². The number of carbonyl (C=O) groups is 3. The van der Waals surface area contributed by atoms with Gasteiger partial charge in [-0.05, 0) is 26.0 Å². The Hall–Kier alpha value is -2.01. The molecule has 0 aromatic carbocycles. The van der Waals surface area contributed by atoms with Gasteiger partial charge in [0.2, 0.25) is 11.8 Å². The van der Waals surface area contributed by atoms with Crippen molar-refractivity contribution in [2.24, 2.45) is 0 Å². The molecule has 1 aliphatic rings. The summed E-state index contributed by atoms with van der Waals surface area (Å²) in [5, 5.41) is 2.32. The second-order valence-electron chi connectivity index (χ2n) is 4.44. The SMILES string of the molecule is C=C.C=C/C(C=O)=C(\C)CN(C)C1CCC(=O)NC1=O. The predicted molar refractivity (Wildman–Crippen MR) is 79.0 cm³/mol. The largest absolute Gasteiger partial charge is 0.298 e. The van der Waals surface area contributed by atoms with Crippen molar-refractivity contribution in [2.75, 3.05) is 13.6 Å². The lowest BCUT2D eigenvalue weighted by Gasteiger charge is -2.30. The predicted octanol–water partition coefficient (Wildman–Crippen LogP) is 1.23. The lowest BCUT2D eigenvalue weighted by molar-refractivity contribution is -0.137. The minimum Gasteiger partial charge on any atom is -0.298 e. The summed E-state index contributed by atoms with van der Waals surface area (Å²) in [6.07, 6.45) is 3.12. The van der Waals surface area contributed by atoms with Crippen molar-refractivity contribution in [1.29, 1.82) is 0 Å². The van der Waals surface area contributed by atoms with Crippen molar-refractivity contribution in [3.05, 3.63) is 37.0 Å². The molecule has 5 nitrogen and oxygen atoms in total. The molecule has 0 bridgehead atoms. The van der Waals surface area contributed by atoms with Crippen molar-refractivity contribution in [3.63, 3.8) is 0 Å². The van der Waals surface area contributed by atoms with E-state index < -0.39 is 0 Å². The normalized spacial score (nSPS) is 19.4. The van der Waals surface area contributed by atoms with E-state index in [1.165, 1.54) is 6.08 Å². The van der Waals surface area contributed by atoms with Gasteiger partial charge in [0.05, 0.1) is 6.04 Å². The smallest absolute Gasteiger partial charge is 0.243 e. The Morgan fingerprint density at radius 3 is 2.50 bits per heavy atom. The Morgan fingerprint density at radius 2 is 2.05 bits per heavy atom. The number of aldehydes is 1. The maximum atomic E-state index is 11.7. The van der Waals surface area contributed by atoms with Crippen LogP contribution in [0.4, 0.5) is 0 Å². The molecule has 0 aromatic heterocycles. The van der Waals surface area contributed by atoms with Crippen LogP contribution in [0.15, 0.2) is 37.0 Å². The molecule has 1 heterocycles. The molecule has 1 saturated heterocycles. The van der Waals surface area contributed by atoms with E-state index in [9.17, 15) is 14.4 Å². The summed E-state index contributed by atoms with van der Waals surface area (Å²) >= 11 is 0. The Bertz CT molecular complexity index is 417. The number of carbonyl (C=O) groups excluding carboxylic acids is 3. The van der Waals surface area contributed by atoms with E-state index >= 15 is 0 Å². The average Bonchev–Trinajstić information content (AvgIpc) is 2.42. The van der Waals surface area contributed by atoms with Gasteiger partial charge >= 0.3 is 0 Å². The number of hydrogen-bond acceptors (Lipinski definition) is 4. The van der Waals surface area contributed by atoms with E-state index in [0.29, 0.717) is 25.0 Å². The van der Waals surface area contributed by atoms with Gasteiger partial charge in [0.25, 0.3) is 0 Å². The van der Waals surface area contributed by atoms with Crippen LogP contribution in [-0.4, -0.2) is 42.6 Å². The summed E-state index contributed by atoms with van der Waals surface area (Å²) in [4.78, 5) is 35.3. The van der Waals surface area contributed by atoms with Gasteiger partial charge in [0, 0.05) is 18.5 Å². The molecule has 0 aliphatic carbocycles. The van der Waals surface area contributed by atoms with Crippen molar-refractivity contribution in [1.82, 2.24) is 10.2 Å². The van der Waals surface area contributed by atoms with E-state index in [2.05, 4.69) is 25.1 Å². The Labute approximate surface area is 120 Å². The van der Waals surface area contributed by atoms with Gasteiger partial charge in [-0.1, -0.05) is 12.7 Å². The number of likely N-dealkylation sites (N-methyl/N-ethyl adjacent to an activating group) is 1. The van der Waals surface area contributed by atoms with Crippen LogP contribution in [0, 0.1) is 0 Å². The van der Waals surface area contributed by atoms with Crippen molar-refractivity contribution in [3.8, 4) is 0 Å².